The van der Waals surface area contributed by atoms with Crippen molar-refractivity contribution in [3.63, 3.8) is 0 Å². The molecule has 2 aliphatic rings. The summed E-state index contributed by atoms with van der Waals surface area (Å²) in [6.07, 6.45) is 1.53. The highest BCUT2D eigenvalue weighted by atomic mass is 16.4. The van der Waals surface area contributed by atoms with Gasteiger partial charge in [-0.2, -0.15) is 0 Å². The molecule has 3 rings (SSSR count). The lowest BCUT2D eigenvalue weighted by atomic mass is 9.71. The molecule has 23 heavy (non-hydrogen) atoms. The first-order valence-electron chi connectivity index (χ1n) is 8.02. The van der Waals surface area contributed by atoms with Gasteiger partial charge in [0.15, 0.2) is 0 Å². The molecule has 1 aromatic rings. The first-order valence-corrected chi connectivity index (χ1v) is 8.02. The average Bonchev–Trinajstić information content (AvgIpc) is 2.54. The Balaban J connectivity index is 1.75. The first-order chi connectivity index (χ1) is 11.0. The fourth-order valence-electron chi connectivity index (χ4n) is 3.72. The minimum Gasteiger partial charge on any atom is -0.478 e. The molecule has 0 aliphatic carbocycles. The number of piperidine rings is 2. The van der Waals surface area contributed by atoms with E-state index in [4.69, 9.17) is 5.11 Å². The Morgan fingerprint density at radius 3 is 3.00 bits per heavy atom. The molecule has 1 spiro atoms. The van der Waals surface area contributed by atoms with Gasteiger partial charge in [-0.3, -0.25) is 9.69 Å². The lowest BCUT2D eigenvalue weighted by Gasteiger charge is -2.47. The second-order valence-corrected chi connectivity index (χ2v) is 6.54. The normalized spacial score (nSPS) is 28.6. The number of amides is 1. The van der Waals surface area contributed by atoms with Gasteiger partial charge in [0.1, 0.15) is 0 Å². The quantitative estimate of drug-likeness (QED) is 0.769. The molecule has 6 heteroatoms. The van der Waals surface area contributed by atoms with Crippen molar-refractivity contribution >= 4 is 11.9 Å². The van der Waals surface area contributed by atoms with Crippen LogP contribution in [0, 0.1) is 5.41 Å². The van der Waals surface area contributed by atoms with Crippen molar-refractivity contribution in [1.29, 1.82) is 0 Å². The highest BCUT2D eigenvalue weighted by Gasteiger charge is 2.49. The second-order valence-electron chi connectivity index (χ2n) is 6.54. The predicted octanol–water partition coefficient (Wildman–Crippen LogP) is 0.848. The van der Waals surface area contributed by atoms with Crippen molar-refractivity contribution in [2.45, 2.75) is 31.9 Å². The molecule has 0 bridgehead atoms. The number of aliphatic hydroxyl groups is 1. The summed E-state index contributed by atoms with van der Waals surface area (Å²) < 4.78 is 0. The van der Waals surface area contributed by atoms with Gasteiger partial charge in [-0.15, -0.1) is 0 Å². The van der Waals surface area contributed by atoms with E-state index in [-0.39, 0.29) is 11.5 Å². The minimum atomic E-state index is -0.941. The largest absolute Gasteiger partial charge is 0.478 e. The van der Waals surface area contributed by atoms with E-state index in [9.17, 15) is 14.7 Å². The number of carbonyl (C=O) groups is 2. The summed E-state index contributed by atoms with van der Waals surface area (Å²) in [5.41, 5.74) is 0.457. The molecule has 0 radical (unpaired) electrons. The van der Waals surface area contributed by atoms with Crippen molar-refractivity contribution in [2.75, 3.05) is 19.6 Å². The number of carboxylic acid groups (broad SMARTS) is 1. The number of rotatable bonds is 3. The number of likely N-dealkylation sites (tertiary alicyclic amines) is 1. The summed E-state index contributed by atoms with van der Waals surface area (Å²) in [6, 6.07) is 6.87. The molecule has 6 nitrogen and oxygen atoms in total. The zero-order chi connectivity index (χ0) is 16.4. The van der Waals surface area contributed by atoms with Gasteiger partial charge >= 0.3 is 5.97 Å². The molecule has 3 N–H and O–H groups in total. The van der Waals surface area contributed by atoms with Gasteiger partial charge in [-0.1, -0.05) is 12.1 Å². The van der Waals surface area contributed by atoms with E-state index in [1.54, 1.807) is 18.2 Å². The molecule has 1 aromatic carbocycles. The van der Waals surface area contributed by atoms with Crippen LogP contribution < -0.4 is 5.32 Å². The van der Waals surface area contributed by atoms with Gasteiger partial charge in [-0.05, 0) is 37.0 Å². The molecule has 1 amide bonds. The van der Waals surface area contributed by atoms with Crippen LogP contribution in [-0.2, 0) is 11.3 Å². The summed E-state index contributed by atoms with van der Waals surface area (Å²) in [5, 5.41) is 22.4. The SMILES string of the molecule is O=C(O)c1cccc(CN2CC[C@H](O)[C@@]3(CCCNC3=O)C2)c1. The molecular formula is C17H22N2O4. The molecular weight excluding hydrogens is 296 g/mol. The minimum absolute atomic E-state index is 0.0553. The average molecular weight is 318 g/mol. The van der Waals surface area contributed by atoms with E-state index in [1.165, 1.54) is 0 Å². The number of nitrogens with one attached hydrogen (secondary N) is 1. The second kappa shape index (κ2) is 6.29. The number of aromatic carboxylic acids is 1. The lowest BCUT2D eigenvalue weighted by Crippen LogP contribution is -2.61. The zero-order valence-corrected chi connectivity index (χ0v) is 13.0. The van der Waals surface area contributed by atoms with E-state index in [0.29, 0.717) is 39.0 Å². The maximum Gasteiger partial charge on any atom is 0.335 e. The highest BCUT2D eigenvalue weighted by Crippen LogP contribution is 2.37. The predicted molar refractivity (Wildman–Crippen MR) is 84.0 cm³/mol. The van der Waals surface area contributed by atoms with Crippen molar-refractivity contribution < 1.29 is 19.8 Å². The first kappa shape index (κ1) is 16.0. The third-order valence-electron chi connectivity index (χ3n) is 4.98. The van der Waals surface area contributed by atoms with Crippen LogP contribution in [0.2, 0.25) is 0 Å². The van der Waals surface area contributed by atoms with E-state index in [0.717, 1.165) is 12.0 Å². The van der Waals surface area contributed by atoms with Crippen LogP contribution in [0.1, 0.15) is 35.2 Å². The highest BCUT2D eigenvalue weighted by molar-refractivity contribution is 5.87. The zero-order valence-electron chi connectivity index (χ0n) is 13.0. The van der Waals surface area contributed by atoms with Crippen LogP contribution in [-0.4, -0.2) is 52.7 Å². The monoisotopic (exact) mass is 318 g/mol. The van der Waals surface area contributed by atoms with Gasteiger partial charge in [0, 0.05) is 26.2 Å². The summed E-state index contributed by atoms with van der Waals surface area (Å²) in [4.78, 5) is 25.6. The van der Waals surface area contributed by atoms with E-state index < -0.39 is 17.5 Å². The number of hydrogen-bond acceptors (Lipinski definition) is 4. The molecule has 2 heterocycles. The summed E-state index contributed by atoms with van der Waals surface area (Å²) in [7, 11) is 0. The van der Waals surface area contributed by atoms with Crippen LogP contribution in [0.4, 0.5) is 0 Å². The molecule has 2 fully saturated rings. The number of carbonyl (C=O) groups excluding carboxylic acids is 1. The van der Waals surface area contributed by atoms with Crippen molar-refractivity contribution in [3.05, 3.63) is 35.4 Å². The standard InChI is InChI=1S/C17H22N2O4/c20-14-5-8-19(11-17(14)6-2-7-18-16(17)23)10-12-3-1-4-13(9-12)15(21)22/h1,3-4,9,14,20H,2,5-8,10-11H2,(H,18,23)(H,21,22)/t14-,17+/m0/s1. The number of nitrogens with zero attached hydrogens (tertiary/aromatic N) is 1. The Kier molecular flexibility index (Phi) is 4.37. The Hall–Kier alpha value is -1.92. The molecule has 0 saturated carbocycles. The van der Waals surface area contributed by atoms with Crippen LogP contribution in [0.3, 0.4) is 0 Å². The lowest BCUT2D eigenvalue weighted by molar-refractivity contribution is -0.149. The molecule has 2 saturated heterocycles. The van der Waals surface area contributed by atoms with Gasteiger partial charge in [0.05, 0.1) is 17.1 Å². The Morgan fingerprint density at radius 1 is 1.43 bits per heavy atom. The van der Waals surface area contributed by atoms with Gasteiger partial charge in [0.2, 0.25) is 5.91 Å². The molecule has 0 unspecified atom stereocenters. The fraction of sp³-hybridized carbons (Fsp3) is 0.529. The topological polar surface area (TPSA) is 89.9 Å². The van der Waals surface area contributed by atoms with Gasteiger partial charge < -0.3 is 15.5 Å². The Bertz CT molecular complexity index is 618. The maximum absolute atomic E-state index is 12.3. The molecule has 2 atom stereocenters. The molecule has 124 valence electrons. The van der Waals surface area contributed by atoms with Crippen LogP contribution >= 0.6 is 0 Å². The molecule has 2 aliphatic heterocycles. The summed E-state index contributed by atoms with van der Waals surface area (Å²) in [5.74, 6) is -0.996. The van der Waals surface area contributed by atoms with E-state index in [2.05, 4.69) is 10.2 Å². The maximum atomic E-state index is 12.3. The van der Waals surface area contributed by atoms with Crippen molar-refractivity contribution in [3.8, 4) is 0 Å². The number of carboxylic acids is 1. The molecule has 0 aromatic heterocycles. The number of benzene rings is 1. The summed E-state index contributed by atoms with van der Waals surface area (Å²) in [6.45, 7) is 2.47. The third kappa shape index (κ3) is 3.09. The summed E-state index contributed by atoms with van der Waals surface area (Å²) >= 11 is 0. The third-order valence-corrected chi connectivity index (χ3v) is 4.98. The van der Waals surface area contributed by atoms with Crippen LogP contribution in [0.25, 0.3) is 0 Å². The number of aliphatic hydroxyl groups excluding tert-OH is 1. The van der Waals surface area contributed by atoms with Gasteiger partial charge in [0.25, 0.3) is 0 Å². The Labute approximate surface area is 135 Å². The van der Waals surface area contributed by atoms with Crippen molar-refractivity contribution in [1.82, 2.24) is 10.2 Å². The fourth-order valence-corrected chi connectivity index (χ4v) is 3.72. The van der Waals surface area contributed by atoms with E-state index in [1.807, 2.05) is 6.07 Å². The smallest absolute Gasteiger partial charge is 0.335 e. The van der Waals surface area contributed by atoms with Gasteiger partial charge in [-0.25, -0.2) is 4.79 Å². The van der Waals surface area contributed by atoms with E-state index >= 15 is 0 Å². The van der Waals surface area contributed by atoms with Crippen molar-refractivity contribution in [2.24, 2.45) is 5.41 Å². The van der Waals surface area contributed by atoms with Crippen LogP contribution in [0.15, 0.2) is 24.3 Å². The Morgan fingerprint density at radius 2 is 2.26 bits per heavy atom. The number of hydrogen-bond donors (Lipinski definition) is 3. The van der Waals surface area contributed by atoms with Crippen LogP contribution in [0.5, 0.6) is 0 Å².